The van der Waals surface area contributed by atoms with E-state index in [0.29, 0.717) is 24.4 Å². The molecule has 1 amide bonds. The predicted octanol–water partition coefficient (Wildman–Crippen LogP) is 2.76. The van der Waals surface area contributed by atoms with Crippen LogP contribution in [0, 0.1) is 0 Å². The zero-order valence-electron chi connectivity index (χ0n) is 14.2. The minimum absolute atomic E-state index is 0.0383. The molecule has 4 heteroatoms. The highest BCUT2D eigenvalue weighted by Crippen LogP contribution is 2.26. The molecule has 1 aromatic rings. The minimum atomic E-state index is 0.0383. The molecule has 2 aliphatic carbocycles. The number of likely N-dealkylation sites (N-methyl/N-ethyl adjacent to an activating group) is 2. The third-order valence-corrected chi connectivity index (χ3v) is 5.39. The third-order valence-electron chi connectivity index (χ3n) is 5.39. The Morgan fingerprint density at radius 1 is 1.13 bits per heavy atom. The summed E-state index contributed by atoms with van der Waals surface area (Å²) in [6.45, 7) is 1.63. The highest BCUT2D eigenvalue weighted by atomic mass is 16.2. The van der Waals surface area contributed by atoms with Crippen molar-refractivity contribution in [1.29, 1.82) is 0 Å². The van der Waals surface area contributed by atoms with Gasteiger partial charge in [-0.15, -0.1) is 0 Å². The van der Waals surface area contributed by atoms with Crippen molar-refractivity contribution in [2.24, 2.45) is 0 Å². The van der Waals surface area contributed by atoms with Crippen molar-refractivity contribution in [1.82, 2.24) is 9.80 Å². The molecule has 0 unspecified atom stereocenters. The lowest BCUT2D eigenvalue weighted by Gasteiger charge is -2.27. The lowest BCUT2D eigenvalue weighted by Crippen LogP contribution is -2.38. The second-order valence-corrected chi connectivity index (χ2v) is 6.90. The normalized spacial score (nSPS) is 17.8. The molecule has 1 saturated carbocycles. The zero-order chi connectivity index (χ0) is 16.4. The van der Waals surface area contributed by atoms with Crippen LogP contribution in [-0.4, -0.2) is 54.7 Å². The van der Waals surface area contributed by atoms with Crippen molar-refractivity contribution in [3.05, 3.63) is 34.9 Å². The van der Waals surface area contributed by atoms with Crippen molar-refractivity contribution in [2.45, 2.75) is 44.6 Å². The first kappa shape index (κ1) is 16.2. The number of nitrogens with zero attached hydrogens (tertiary/aromatic N) is 2. The SMILES string of the molecule is CN(CCN(C)C1CCCC1)C(=O)c1cccc2c1CCC2=O. The van der Waals surface area contributed by atoms with Gasteiger partial charge >= 0.3 is 0 Å². The Morgan fingerprint density at radius 3 is 2.61 bits per heavy atom. The molecule has 0 spiro atoms. The topological polar surface area (TPSA) is 40.6 Å². The van der Waals surface area contributed by atoms with Crippen LogP contribution in [0.2, 0.25) is 0 Å². The quantitative estimate of drug-likeness (QED) is 0.839. The van der Waals surface area contributed by atoms with Crippen LogP contribution in [0.4, 0.5) is 0 Å². The fourth-order valence-electron chi connectivity index (χ4n) is 3.83. The number of Topliss-reactive ketones (excluding diaryl/α,β-unsaturated/α-hetero) is 1. The fraction of sp³-hybridized carbons (Fsp3) is 0.579. The number of carbonyl (C=O) groups is 2. The summed E-state index contributed by atoms with van der Waals surface area (Å²) < 4.78 is 0. The molecule has 124 valence electrons. The van der Waals surface area contributed by atoms with Gasteiger partial charge in [0, 0.05) is 43.7 Å². The molecule has 1 aromatic carbocycles. The van der Waals surface area contributed by atoms with Gasteiger partial charge in [-0.3, -0.25) is 9.59 Å². The van der Waals surface area contributed by atoms with Gasteiger partial charge in [-0.1, -0.05) is 25.0 Å². The van der Waals surface area contributed by atoms with Gasteiger partial charge in [0.1, 0.15) is 0 Å². The fourth-order valence-corrected chi connectivity index (χ4v) is 3.83. The summed E-state index contributed by atoms with van der Waals surface area (Å²) in [5.41, 5.74) is 2.39. The average Bonchev–Trinajstić information content (AvgIpc) is 3.22. The summed E-state index contributed by atoms with van der Waals surface area (Å²) in [5.74, 6) is 0.203. The predicted molar refractivity (Wildman–Crippen MR) is 90.9 cm³/mol. The Morgan fingerprint density at radius 2 is 1.87 bits per heavy atom. The lowest BCUT2D eigenvalue weighted by molar-refractivity contribution is 0.0773. The average molecular weight is 314 g/mol. The summed E-state index contributed by atoms with van der Waals surface area (Å²) in [5, 5.41) is 0. The number of hydrogen-bond acceptors (Lipinski definition) is 3. The maximum Gasteiger partial charge on any atom is 0.253 e. The number of fused-ring (bicyclic) bond motifs is 1. The van der Waals surface area contributed by atoms with Gasteiger partial charge in [0.15, 0.2) is 5.78 Å². The molecule has 2 aliphatic rings. The highest BCUT2D eigenvalue weighted by molar-refractivity contribution is 6.05. The molecule has 1 fully saturated rings. The van der Waals surface area contributed by atoms with Gasteiger partial charge in [-0.25, -0.2) is 0 Å². The van der Waals surface area contributed by atoms with Crippen molar-refractivity contribution in [2.75, 3.05) is 27.2 Å². The van der Waals surface area contributed by atoms with E-state index in [1.807, 2.05) is 25.2 Å². The van der Waals surface area contributed by atoms with Crippen LogP contribution < -0.4 is 0 Å². The van der Waals surface area contributed by atoms with Crippen molar-refractivity contribution >= 4 is 11.7 Å². The number of rotatable bonds is 5. The maximum atomic E-state index is 12.7. The highest BCUT2D eigenvalue weighted by Gasteiger charge is 2.26. The Bertz CT molecular complexity index is 605. The van der Waals surface area contributed by atoms with Gasteiger partial charge < -0.3 is 9.80 Å². The molecule has 0 N–H and O–H groups in total. The van der Waals surface area contributed by atoms with E-state index >= 15 is 0 Å². The van der Waals surface area contributed by atoms with Gasteiger partial charge in [0.25, 0.3) is 5.91 Å². The van der Waals surface area contributed by atoms with Crippen molar-refractivity contribution < 1.29 is 9.59 Å². The number of carbonyl (C=O) groups excluding carboxylic acids is 2. The van der Waals surface area contributed by atoms with Gasteiger partial charge in [0.05, 0.1) is 0 Å². The van der Waals surface area contributed by atoms with Crippen LogP contribution >= 0.6 is 0 Å². The summed E-state index contributed by atoms with van der Waals surface area (Å²) >= 11 is 0. The first-order chi connectivity index (χ1) is 11.1. The van der Waals surface area contributed by atoms with Crippen molar-refractivity contribution in [3.63, 3.8) is 0 Å². The molecule has 0 radical (unpaired) electrons. The number of benzene rings is 1. The van der Waals surface area contributed by atoms with E-state index in [9.17, 15) is 9.59 Å². The second-order valence-electron chi connectivity index (χ2n) is 6.90. The third kappa shape index (κ3) is 3.32. The van der Waals surface area contributed by atoms with E-state index in [1.165, 1.54) is 25.7 Å². The second kappa shape index (κ2) is 6.83. The molecule has 0 saturated heterocycles. The van der Waals surface area contributed by atoms with Crippen LogP contribution in [0.3, 0.4) is 0 Å². The van der Waals surface area contributed by atoms with Crippen LogP contribution in [0.5, 0.6) is 0 Å². The molecular formula is C19H26N2O2. The molecule has 0 aromatic heterocycles. The first-order valence-electron chi connectivity index (χ1n) is 8.68. The van der Waals surface area contributed by atoms with Crippen molar-refractivity contribution in [3.8, 4) is 0 Å². The zero-order valence-corrected chi connectivity index (χ0v) is 14.2. The smallest absolute Gasteiger partial charge is 0.253 e. The van der Waals surface area contributed by atoms with Crippen LogP contribution in [0.15, 0.2) is 18.2 Å². The molecule has 23 heavy (non-hydrogen) atoms. The van der Waals surface area contributed by atoms with Crippen LogP contribution in [-0.2, 0) is 6.42 Å². The first-order valence-corrected chi connectivity index (χ1v) is 8.68. The summed E-state index contributed by atoms with van der Waals surface area (Å²) in [4.78, 5) is 28.8. The van der Waals surface area contributed by atoms with Gasteiger partial charge in [-0.2, -0.15) is 0 Å². The molecule has 3 rings (SSSR count). The van der Waals surface area contributed by atoms with Crippen LogP contribution in [0.1, 0.15) is 58.4 Å². The van der Waals surface area contributed by atoms with Gasteiger partial charge in [0.2, 0.25) is 0 Å². The van der Waals surface area contributed by atoms with E-state index in [0.717, 1.165) is 24.2 Å². The lowest BCUT2D eigenvalue weighted by atomic mass is 10.0. The number of hydrogen-bond donors (Lipinski definition) is 0. The summed E-state index contributed by atoms with van der Waals surface area (Å²) in [6.07, 6.45) is 6.45. The van der Waals surface area contributed by atoms with Crippen LogP contribution in [0.25, 0.3) is 0 Å². The molecular weight excluding hydrogens is 288 g/mol. The Kier molecular flexibility index (Phi) is 4.81. The monoisotopic (exact) mass is 314 g/mol. The number of amides is 1. The minimum Gasteiger partial charge on any atom is -0.340 e. The van der Waals surface area contributed by atoms with E-state index < -0.39 is 0 Å². The van der Waals surface area contributed by atoms with E-state index in [-0.39, 0.29) is 11.7 Å². The molecule has 0 heterocycles. The van der Waals surface area contributed by atoms with E-state index in [4.69, 9.17) is 0 Å². The maximum absolute atomic E-state index is 12.7. The Hall–Kier alpha value is -1.68. The largest absolute Gasteiger partial charge is 0.340 e. The molecule has 0 aliphatic heterocycles. The standard InChI is InChI=1S/C19H26N2O2/c1-20(14-6-3-4-7-14)12-13-21(2)19(23)17-9-5-8-16-15(17)10-11-18(16)22/h5,8-9,14H,3-4,6-7,10-13H2,1-2H3. The molecule has 0 atom stereocenters. The van der Waals surface area contributed by atoms with E-state index in [1.54, 1.807) is 4.90 Å². The number of ketones is 1. The molecule has 0 bridgehead atoms. The Balaban J connectivity index is 1.63. The van der Waals surface area contributed by atoms with E-state index in [2.05, 4.69) is 11.9 Å². The molecule has 4 nitrogen and oxygen atoms in total. The summed E-state index contributed by atoms with van der Waals surface area (Å²) in [7, 11) is 4.02. The Labute approximate surface area is 138 Å². The summed E-state index contributed by atoms with van der Waals surface area (Å²) in [6, 6.07) is 6.21. The van der Waals surface area contributed by atoms with Gasteiger partial charge in [-0.05, 0) is 37.9 Å².